The summed E-state index contributed by atoms with van der Waals surface area (Å²) in [5.74, 6) is 0. The van der Waals surface area contributed by atoms with Crippen molar-refractivity contribution >= 4 is 10.8 Å². The Kier molecular flexibility index (Phi) is 3.05. The van der Waals surface area contributed by atoms with Crippen molar-refractivity contribution in [1.82, 2.24) is 0 Å². The van der Waals surface area contributed by atoms with Crippen molar-refractivity contribution in [3.05, 3.63) is 94.5 Å². The van der Waals surface area contributed by atoms with E-state index in [9.17, 15) is 0 Å². The number of hydrogen-bond donors (Lipinski definition) is 0. The first-order valence-electron chi connectivity index (χ1n) is 10.6. The van der Waals surface area contributed by atoms with Gasteiger partial charge in [0.2, 0.25) is 0 Å². The van der Waals surface area contributed by atoms with E-state index in [1.165, 1.54) is 60.8 Å². The average molecular weight is 375 g/mol. The van der Waals surface area contributed by atoms with E-state index in [2.05, 4.69) is 101 Å². The van der Waals surface area contributed by atoms with E-state index in [-0.39, 0.29) is 10.8 Å². The zero-order chi connectivity index (χ0) is 20.1. The second-order valence-electron chi connectivity index (χ2n) is 9.95. The van der Waals surface area contributed by atoms with Crippen LogP contribution in [-0.2, 0) is 10.8 Å². The Hall–Kier alpha value is -2.86. The summed E-state index contributed by atoms with van der Waals surface area (Å²) in [6.45, 7) is 11.7. The summed E-state index contributed by atoms with van der Waals surface area (Å²) >= 11 is 0. The Morgan fingerprint density at radius 3 is 1.90 bits per heavy atom. The summed E-state index contributed by atoms with van der Waals surface area (Å²) < 4.78 is 0. The highest BCUT2D eigenvalue weighted by molar-refractivity contribution is 6.08. The molecule has 4 aromatic rings. The van der Waals surface area contributed by atoms with Gasteiger partial charge in [0.25, 0.3) is 0 Å². The van der Waals surface area contributed by atoms with Crippen LogP contribution in [0.15, 0.2) is 66.7 Å². The third-order valence-corrected chi connectivity index (χ3v) is 7.51. The Morgan fingerprint density at radius 2 is 1.21 bits per heavy atom. The molecular weight excluding hydrogens is 348 g/mol. The van der Waals surface area contributed by atoms with Crippen molar-refractivity contribution in [1.29, 1.82) is 0 Å². The van der Waals surface area contributed by atoms with Gasteiger partial charge in [0, 0.05) is 10.8 Å². The van der Waals surface area contributed by atoms with Gasteiger partial charge in [-0.25, -0.2) is 0 Å². The summed E-state index contributed by atoms with van der Waals surface area (Å²) in [4.78, 5) is 0. The van der Waals surface area contributed by atoms with Crippen LogP contribution >= 0.6 is 0 Å². The minimum Gasteiger partial charge on any atom is -0.0613 e. The van der Waals surface area contributed by atoms with Crippen molar-refractivity contribution < 1.29 is 0 Å². The fourth-order valence-corrected chi connectivity index (χ4v) is 5.78. The molecule has 29 heavy (non-hydrogen) atoms. The molecule has 142 valence electrons. The molecule has 0 N–H and O–H groups in total. The van der Waals surface area contributed by atoms with Gasteiger partial charge in [0.05, 0.1) is 0 Å². The number of rotatable bonds is 1. The van der Waals surface area contributed by atoms with E-state index in [4.69, 9.17) is 0 Å². The van der Waals surface area contributed by atoms with Crippen LogP contribution in [0.25, 0.3) is 33.0 Å². The molecule has 0 radical (unpaired) electrons. The predicted molar refractivity (Wildman–Crippen MR) is 124 cm³/mol. The molecule has 0 fully saturated rings. The van der Waals surface area contributed by atoms with Crippen LogP contribution in [0.2, 0.25) is 0 Å². The molecule has 2 aliphatic rings. The molecule has 0 saturated heterocycles. The molecule has 4 aromatic carbocycles. The maximum absolute atomic E-state index is 2.46. The monoisotopic (exact) mass is 374 g/mol. The average Bonchev–Trinajstić information content (AvgIpc) is 2.94. The second-order valence-corrected chi connectivity index (χ2v) is 9.95. The van der Waals surface area contributed by atoms with E-state index < -0.39 is 0 Å². The summed E-state index contributed by atoms with van der Waals surface area (Å²) in [6.07, 6.45) is 0. The molecule has 0 aromatic heterocycles. The molecule has 0 heterocycles. The van der Waals surface area contributed by atoms with Crippen molar-refractivity contribution in [3.8, 4) is 22.3 Å². The topological polar surface area (TPSA) is 0 Å². The highest BCUT2D eigenvalue weighted by atomic mass is 14.5. The molecule has 0 unspecified atom stereocenters. The molecule has 2 aliphatic carbocycles. The summed E-state index contributed by atoms with van der Waals surface area (Å²) in [6, 6.07) is 25.4. The summed E-state index contributed by atoms with van der Waals surface area (Å²) in [5.41, 5.74) is 12.8. The molecule has 0 amide bonds. The molecule has 0 bridgehead atoms. The lowest BCUT2D eigenvalue weighted by Crippen LogP contribution is -2.24. The largest absolute Gasteiger partial charge is 0.0613 e. The molecule has 6 rings (SSSR count). The number of aryl methyl sites for hydroxylation is 1. The van der Waals surface area contributed by atoms with Crippen molar-refractivity contribution in [2.45, 2.75) is 45.4 Å². The number of benzene rings is 4. The highest BCUT2D eigenvalue weighted by Gasteiger charge is 2.44. The molecule has 0 spiro atoms. The van der Waals surface area contributed by atoms with Gasteiger partial charge in [-0.05, 0) is 74.3 Å². The predicted octanol–water partition coefficient (Wildman–Crippen LogP) is 7.76. The Balaban J connectivity index is 1.79. The molecule has 0 nitrogen and oxygen atoms in total. The van der Waals surface area contributed by atoms with Crippen LogP contribution in [0.3, 0.4) is 0 Å². The lowest BCUT2D eigenvalue weighted by atomic mass is 9.68. The Bertz CT molecular complexity index is 1330. The smallest absolute Gasteiger partial charge is 0.0159 e. The Morgan fingerprint density at radius 1 is 0.552 bits per heavy atom. The van der Waals surface area contributed by atoms with Gasteiger partial charge in [-0.2, -0.15) is 0 Å². The van der Waals surface area contributed by atoms with E-state index in [1.807, 2.05) is 0 Å². The van der Waals surface area contributed by atoms with E-state index in [0.29, 0.717) is 0 Å². The first-order valence-corrected chi connectivity index (χ1v) is 10.6. The maximum atomic E-state index is 2.46. The zero-order valence-electron chi connectivity index (χ0n) is 17.9. The first-order chi connectivity index (χ1) is 13.8. The van der Waals surface area contributed by atoms with E-state index in [1.54, 1.807) is 0 Å². The first kappa shape index (κ1) is 17.0. The lowest BCUT2D eigenvalue weighted by Gasteiger charge is -2.35. The molecular formula is C29H26. The second kappa shape index (κ2) is 5.19. The van der Waals surface area contributed by atoms with Crippen LogP contribution in [-0.4, -0.2) is 0 Å². The summed E-state index contributed by atoms with van der Waals surface area (Å²) in [7, 11) is 0. The van der Waals surface area contributed by atoms with Crippen molar-refractivity contribution in [3.63, 3.8) is 0 Å². The fraction of sp³-hybridized carbons (Fsp3) is 0.241. The van der Waals surface area contributed by atoms with Crippen LogP contribution in [0.4, 0.5) is 0 Å². The summed E-state index contributed by atoms with van der Waals surface area (Å²) in [5, 5.41) is 2.84. The van der Waals surface area contributed by atoms with Crippen LogP contribution in [0.5, 0.6) is 0 Å². The normalized spacial score (nSPS) is 17.0. The Labute approximate surface area is 173 Å². The van der Waals surface area contributed by atoms with Crippen molar-refractivity contribution in [2.75, 3.05) is 0 Å². The highest BCUT2D eigenvalue weighted by Crippen LogP contribution is 2.60. The lowest BCUT2D eigenvalue weighted by molar-refractivity contribution is 0.639. The zero-order valence-corrected chi connectivity index (χ0v) is 17.9. The van der Waals surface area contributed by atoms with Crippen LogP contribution in [0.1, 0.15) is 55.5 Å². The minimum absolute atomic E-state index is 0.0157. The third kappa shape index (κ3) is 2.00. The molecule has 0 heteroatoms. The SMILES string of the molecule is Cc1ccc(-c2cc3c4c(c2)C(C)(C)c2cccc5ccc(c-4c25)C3(C)C)cc1. The molecule has 0 aliphatic heterocycles. The maximum Gasteiger partial charge on any atom is 0.0159 e. The van der Waals surface area contributed by atoms with Crippen molar-refractivity contribution in [2.24, 2.45) is 0 Å². The molecule has 0 saturated carbocycles. The van der Waals surface area contributed by atoms with Gasteiger partial charge in [-0.1, -0.05) is 87.9 Å². The standard InChI is InChI=1S/C29H26/c1-17-9-11-18(12-10-17)20-15-23-26-24(16-20)29(4,5)22-14-13-19-7-6-8-21(28(23,2)3)25(19)27(22)26/h6-16H,1-5H3. The van der Waals surface area contributed by atoms with Gasteiger partial charge in [0.1, 0.15) is 0 Å². The number of hydrogen-bond acceptors (Lipinski definition) is 0. The van der Waals surface area contributed by atoms with Gasteiger partial charge in [-0.3, -0.25) is 0 Å². The van der Waals surface area contributed by atoms with E-state index >= 15 is 0 Å². The van der Waals surface area contributed by atoms with Gasteiger partial charge < -0.3 is 0 Å². The molecule has 0 atom stereocenters. The van der Waals surface area contributed by atoms with Crippen LogP contribution < -0.4 is 0 Å². The van der Waals surface area contributed by atoms with Gasteiger partial charge in [0.15, 0.2) is 0 Å². The van der Waals surface area contributed by atoms with E-state index in [0.717, 1.165) is 0 Å². The van der Waals surface area contributed by atoms with Crippen LogP contribution in [0, 0.1) is 6.92 Å². The fourth-order valence-electron chi connectivity index (χ4n) is 5.78. The quantitative estimate of drug-likeness (QED) is 0.319. The van der Waals surface area contributed by atoms with Gasteiger partial charge >= 0.3 is 0 Å². The third-order valence-electron chi connectivity index (χ3n) is 7.51. The minimum atomic E-state index is -0.0175. The van der Waals surface area contributed by atoms with Gasteiger partial charge in [-0.15, -0.1) is 0 Å².